The van der Waals surface area contributed by atoms with Crippen LogP contribution in [0.5, 0.6) is 0 Å². The van der Waals surface area contributed by atoms with Crippen LogP contribution in [0.4, 0.5) is 0 Å². The summed E-state index contributed by atoms with van der Waals surface area (Å²) in [5.74, 6) is 3.66. The molecule has 4 saturated carbocycles. The molecule has 0 radical (unpaired) electrons. The highest BCUT2D eigenvalue weighted by Crippen LogP contribution is 2.72. The van der Waals surface area contributed by atoms with Crippen molar-refractivity contribution >= 4 is 5.78 Å². The van der Waals surface area contributed by atoms with Crippen molar-refractivity contribution in [2.24, 2.45) is 34.5 Å². The van der Waals surface area contributed by atoms with Crippen molar-refractivity contribution in [3.05, 3.63) is 23.8 Å². The standard InChI is InChI=1S/C23H30O2/c1-21-8-5-16-17-4-3-15(24)13-20(17)22(10-11-22)14-18(16)19(21)6-9-23(21)7-2-12-25-23/h2,7,13,16-19H,3-6,8-12,14H2,1H3/t16?,17-,18?,19?,21+,23?/m1/s1. The Labute approximate surface area is 151 Å². The Morgan fingerprint density at radius 2 is 1.96 bits per heavy atom. The molecule has 6 aliphatic rings. The number of fused-ring (bicyclic) bond motifs is 7. The fourth-order valence-electron chi connectivity index (χ4n) is 8.15. The molecule has 4 unspecified atom stereocenters. The summed E-state index contributed by atoms with van der Waals surface area (Å²) in [6.45, 7) is 3.36. The average Bonchev–Trinajstić information content (AvgIpc) is 3.09. The van der Waals surface area contributed by atoms with E-state index in [1.165, 1.54) is 44.9 Å². The zero-order valence-corrected chi connectivity index (χ0v) is 15.4. The van der Waals surface area contributed by atoms with E-state index in [1.807, 2.05) is 0 Å². The van der Waals surface area contributed by atoms with Crippen LogP contribution in [0.2, 0.25) is 0 Å². The summed E-state index contributed by atoms with van der Waals surface area (Å²) < 4.78 is 6.37. The molecule has 1 aliphatic heterocycles. The molecular formula is C23H30O2. The Balaban J connectivity index is 1.39. The monoisotopic (exact) mass is 338 g/mol. The molecule has 2 spiro atoms. The Hall–Kier alpha value is -0.890. The van der Waals surface area contributed by atoms with Crippen LogP contribution in [0.3, 0.4) is 0 Å². The second kappa shape index (κ2) is 4.68. The highest BCUT2D eigenvalue weighted by atomic mass is 16.5. The first kappa shape index (κ1) is 15.2. The quantitative estimate of drug-likeness (QED) is 0.591. The molecule has 0 aromatic carbocycles. The lowest BCUT2D eigenvalue weighted by Gasteiger charge is -2.57. The van der Waals surface area contributed by atoms with Gasteiger partial charge in [-0.3, -0.25) is 4.79 Å². The van der Waals surface area contributed by atoms with Crippen molar-refractivity contribution in [2.75, 3.05) is 6.61 Å². The number of carbonyl (C=O) groups is 1. The number of allylic oxidation sites excluding steroid dienone is 1. The van der Waals surface area contributed by atoms with Gasteiger partial charge in [0.05, 0.1) is 12.2 Å². The van der Waals surface area contributed by atoms with Crippen LogP contribution in [0, 0.1) is 34.5 Å². The molecule has 134 valence electrons. The summed E-state index contributed by atoms with van der Waals surface area (Å²) in [6.07, 6.45) is 18.0. The molecule has 0 aromatic heterocycles. The Kier molecular flexibility index (Phi) is 2.85. The summed E-state index contributed by atoms with van der Waals surface area (Å²) >= 11 is 0. The molecule has 25 heavy (non-hydrogen) atoms. The molecule has 0 saturated heterocycles. The fraction of sp³-hybridized carbons (Fsp3) is 0.783. The zero-order valence-electron chi connectivity index (χ0n) is 15.4. The number of ether oxygens (including phenoxy) is 1. The maximum atomic E-state index is 12.1. The van der Waals surface area contributed by atoms with Gasteiger partial charge in [-0.05, 0) is 86.5 Å². The first-order chi connectivity index (χ1) is 12.1. The highest BCUT2D eigenvalue weighted by molar-refractivity contribution is 5.91. The molecule has 4 fully saturated rings. The van der Waals surface area contributed by atoms with Crippen LogP contribution >= 0.6 is 0 Å². The number of carbonyl (C=O) groups excluding carboxylic acids is 1. The molecule has 6 atom stereocenters. The third kappa shape index (κ3) is 1.78. The van der Waals surface area contributed by atoms with Gasteiger partial charge in [0, 0.05) is 11.8 Å². The number of hydrogen-bond acceptors (Lipinski definition) is 2. The van der Waals surface area contributed by atoms with Crippen molar-refractivity contribution in [3.8, 4) is 0 Å². The molecule has 1 heterocycles. The largest absolute Gasteiger partial charge is 0.366 e. The van der Waals surface area contributed by atoms with Gasteiger partial charge in [-0.25, -0.2) is 0 Å². The lowest BCUT2D eigenvalue weighted by atomic mass is 9.48. The molecule has 5 aliphatic carbocycles. The van der Waals surface area contributed by atoms with Gasteiger partial charge in [-0.2, -0.15) is 0 Å². The number of hydrogen-bond donors (Lipinski definition) is 0. The van der Waals surface area contributed by atoms with Crippen molar-refractivity contribution in [1.82, 2.24) is 0 Å². The minimum Gasteiger partial charge on any atom is -0.366 e. The summed E-state index contributed by atoms with van der Waals surface area (Å²) in [7, 11) is 0. The van der Waals surface area contributed by atoms with E-state index >= 15 is 0 Å². The molecule has 2 heteroatoms. The van der Waals surface area contributed by atoms with Gasteiger partial charge in [0.1, 0.15) is 0 Å². The summed E-state index contributed by atoms with van der Waals surface area (Å²) in [4.78, 5) is 12.1. The minimum atomic E-state index is 0.0397. The summed E-state index contributed by atoms with van der Waals surface area (Å²) in [5, 5.41) is 0. The smallest absolute Gasteiger partial charge is 0.155 e. The second-order valence-electron chi connectivity index (χ2n) is 10.2. The minimum absolute atomic E-state index is 0.0397. The first-order valence-corrected chi connectivity index (χ1v) is 10.6. The van der Waals surface area contributed by atoms with Crippen molar-refractivity contribution in [3.63, 3.8) is 0 Å². The third-order valence-corrected chi connectivity index (χ3v) is 9.53. The Morgan fingerprint density at radius 1 is 1.08 bits per heavy atom. The van der Waals surface area contributed by atoms with Crippen LogP contribution in [-0.2, 0) is 9.53 Å². The fourth-order valence-corrected chi connectivity index (χ4v) is 8.15. The Bertz CT molecular complexity index is 699. The molecular weight excluding hydrogens is 308 g/mol. The van der Waals surface area contributed by atoms with Gasteiger partial charge in [0.2, 0.25) is 0 Å². The van der Waals surface area contributed by atoms with Crippen molar-refractivity contribution in [2.45, 2.75) is 70.3 Å². The van der Waals surface area contributed by atoms with Crippen molar-refractivity contribution < 1.29 is 9.53 Å². The van der Waals surface area contributed by atoms with Gasteiger partial charge in [-0.15, -0.1) is 0 Å². The van der Waals surface area contributed by atoms with Gasteiger partial charge in [0.15, 0.2) is 5.78 Å². The van der Waals surface area contributed by atoms with Gasteiger partial charge in [0.25, 0.3) is 0 Å². The topological polar surface area (TPSA) is 26.3 Å². The van der Waals surface area contributed by atoms with Crippen LogP contribution in [-0.4, -0.2) is 18.0 Å². The summed E-state index contributed by atoms with van der Waals surface area (Å²) in [6, 6.07) is 0. The van der Waals surface area contributed by atoms with Gasteiger partial charge >= 0.3 is 0 Å². The highest BCUT2D eigenvalue weighted by Gasteiger charge is 2.66. The molecule has 0 aromatic rings. The maximum Gasteiger partial charge on any atom is 0.155 e. The van der Waals surface area contributed by atoms with E-state index in [1.54, 1.807) is 5.57 Å². The van der Waals surface area contributed by atoms with E-state index in [0.29, 0.717) is 16.6 Å². The third-order valence-electron chi connectivity index (χ3n) is 9.53. The number of ketones is 1. The zero-order chi connectivity index (χ0) is 16.9. The lowest BCUT2D eigenvalue weighted by Crippen LogP contribution is -2.53. The van der Waals surface area contributed by atoms with Crippen LogP contribution in [0.25, 0.3) is 0 Å². The van der Waals surface area contributed by atoms with E-state index in [4.69, 9.17) is 4.74 Å². The molecule has 0 amide bonds. The lowest BCUT2D eigenvalue weighted by molar-refractivity contribution is -0.120. The van der Waals surface area contributed by atoms with Gasteiger partial charge in [-0.1, -0.05) is 24.6 Å². The molecule has 6 rings (SSSR count). The van der Waals surface area contributed by atoms with Crippen LogP contribution in [0.1, 0.15) is 64.7 Å². The molecule has 0 bridgehead atoms. The van der Waals surface area contributed by atoms with E-state index < -0.39 is 0 Å². The van der Waals surface area contributed by atoms with Crippen LogP contribution < -0.4 is 0 Å². The predicted octanol–water partition coefficient (Wildman–Crippen LogP) is 4.84. The maximum absolute atomic E-state index is 12.1. The van der Waals surface area contributed by atoms with Crippen molar-refractivity contribution in [1.29, 1.82) is 0 Å². The van der Waals surface area contributed by atoms with E-state index in [9.17, 15) is 4.79 Å². The molecule has 0 N–H and O–H groups in total. The van der Waals surface area contributed by atoms with Crippen LogP contribution in [0.15, 0.2) is 23.8 Å². The van der Waals surface area contributed by atoms with Gasteiger partial charge < -0.3 is 4.74 Å². The van der Waals surface area contributed by atoms with E-state index in [2.05, 4.69) is 25.2 Å². The molecule has 2 nitrogen and oxygen atoms in total. The SMILES string of the molecule is C[C@]12CCC3C(CC4(CC4)C4=CC(=O)CC[C@@H]43)C1CCC21C=CCO1. The van der Waals surface area contributed by atoms with E-state index in [0.717, 1.165) is 43.1 Å². The van der Waals surface area contributed by atoms with E-state index in [-0.39, 0.29) is 5.60 Å². The number of rotatable bonds is 0. The predicted molar refractivity (Wildman–Crippen MR) is 97.0 cm³/mol. The first-order valence-electron chi connectivity index (χ1n) is 10.6. The average molecular weight is 338 g/mol. The second-order valence-corrected chi connectivity index (χ2v) is 10.2. The normalized spacial score (nSPS) is 52.0. The Morgan fingerprint density at radius 3 is 2.72 bits per heavy atom. The summed E-state index contributed by atoms with van der Waals surface area (Å²) in [5.41, 5.74) is 2.40.